The molecule has 1 saturated heterocycles. The average molecular weight is 288 g/mol. The molecule has 0 aromatic carbocycles. The summed E-state index contributed by atoms with van der Waals surface area (Å²) in [6.45, 7) is 0.106. The van der Waals surface area contributed by atoms with Crippen LogP contribution in [0.3, 0.4) is 0 Å². The summed E-state index contributed by atoms with van der Waals surface area (Å²) in [4.78, 5) is 12.0. The maximum Gasteiger partial charge on any atom is 0.394 e. The van der Waals surface area contributed by atoms with Crippen molar-refractivity contribution in [3.05, 3.63) is 0 Å². The third-order valence-corrected chi connectivity index (χ3v) is 5.28. The number of nitrogens with zero attached hydrogens (tertiary/aromatic N) is 2. The van der Waals surface area contributed by atoms with E-state index in [1.165, 1.54) is 14.1 Å². The molecule has 0 bridgehead atoms. The molecule has 1 aliphatic rings. The van der Waals surface area contributed by atoms with Gasteiger partial charge in [-0.25, -0.2) is 12.7 Å². The van der Waals surface area contributed by atoms with E-state index in [2.05, 4.69) is 0 Å². The molecule has 1 heterocycles. The van der Waals surface area contributed by atoms with Crippen molar-refractivity contribution in [1.29, 1.82) is 0 Å². The highest BCUT2D eigenvalue weighted by atomic mass is 32.2. The van der Waals surface area contributed by atoms with E-state index in [0.29, 0.717) is 0 Å². The fraction of sp³-hybridized carbons (Fsp3) is 0.889. The van der Waals surface area contributed by atoms with E-state index < -0.39 is 46.4 Å². The third kappa shape index (κ3) is 2.77. The van der Waals surface area contributed by atoms with Crippen LogP contribution >= 0.6 is 0 Å². The van der Waals surface area contributed by atoms with Gasteiger partial charge in [-0.3, -0.25) is 4.79 Å². The number of alkyl halides is 3. The van der Waals surface area contributed by atoms with Crippen LogP contribution in [0.1, 0.15) is 6.92 Å². The SMILES string of the molecule is CC(=O)N1C[C@@H](C(F)(F)F)[C@H](S(=O)(=O)N(C)C)C1. The van der Waals surface area contributed by atoms with Gasteiger partial charge in [-0.2, -0.15) is 13.2 Å². The van der Waals surface area contributed by atoms with Gasteiger partial charge < -0.3 is 4.90 Å². The summed E-state index contributed by atoms with van der Waals surface area (Å²) in [5.74, 6) is -2.59. The maximum absolute atomic E-state index is 12.8. The Morgan fingerprint density at radius 2 is 1.78 bits per heavy atom. The molecular formula is C9H15F3N2O3S. The standard InChI is InChI=1S/C9H15F3N2O3S/c1-6(15)14-4-7(9(10,11)12)8(5-14)18(16,17)13(2)3/h7-8H,4-5H2,1-3H3/t7-,8-/m1/s1. The molecule has 0 unspecified atom stereocenters. The summed E-state index contributed by atoms with van der Waals surface area (Å²) in [7, 11) is -1.70. The Bertz CT molecular complexity index is 433. The van der Waals surface area contributed by atoms with Gasteiger partial charge in [0.1, 0.15) is 5.25 Å². The number of hydrogen-bond acceptors (Lipinski definition) is 3. The van der Waals surface area contributed by atoms with Gasteiger partial charge in [0.2, 0.25) is 15.9 Å². The molecule has 0 N–H and O–H groups in total. The first kappa shape index (κ1) is 15.2. The zero-order valence-electron chi connectivity index (χ0n) is 10.2. The molecule has 0 radical (unpaired) electrons. The smallest absolute Gasteiger partial charge is 0.341 e. The monoisotopic (exact) mass is 288 g/mol. The first-order valence-corrected chi connectivity index (χ1v) is 6.71. The van der Waals surface area contributed by atoms with Crippen LogP contribution in [0.25, 0.3) is 0 Å². The molecule has 1 aliphatic heterocycles. The highest BCUT2D eigenvalue weighted by molar-refractivity contribution is 7.89. The van der Waals surface area contributed by atoms with E-state index in [0.717, 1.165) is 16.1 Å². The Morgan fingerprint density at radius 1 is 1.28 bits per heavy atom. The molecule has 0 aromatic rings. The summed E-state index contributed by atoms with van der Waals surface area (Å²) in [5.41, 5.74) is 0. The van der Waals surface area contributed by atoms with Crippen LogP contribution < -0.4 is 0 Å². The molecule has 106 valence electrons. The molecule has 2 atom stereocenters. The van der Waals surface area contributed by atoms with Gasteiger partial charge in [0, 0.05) is 34.1 Å². The van der Waals surface area contributed by atoms with Crippen molar-refractivity contribution >= 4 is 15.9 Å². The molecule has 0 aromatic heterocycles. The fourth-order valence-electron chi connectivity index (χ4n) is 1.92. The molecule has 5 nitrogen and oxygen atoms in total. The molecule has 0 aliphatic carbocycles. The van der Waals surface area contributed by atoms with Crippen molar-refractivity contribution in [2.45, 2.75) is 18.3 Å². The van der Waals surface area contributed by atoms with Crippen LogP contribution in [0, 0.1) is 5.92 Å². The number of carbonyl (C=O) groups excluding carboxylic acids is 1. The summed E-state index contributed by atoms with van der Waals surface area (Å²) in [5, 5.41) is -1.63. The lowest BCUT2D eigenvalue weighted by Crippen LogP contribution is -2.43. The van der Waals surface area contributed by atoms with Crippen molar-refractivity contribution in [2.75, 3.05) is 27.2 Å². The second-order valence-electron chi connectivity index (χ2n) is 4.44. The fourth-order valence-corrected chi connectivity index (χ4v) is 3.48. The van der Waals surface area contributed by atoms with E-state index in [1.807, 2.05) is 0 Å². The van der Waals surface area contributed by atoms with Crippen LogP contribution in [0.5, 0.6) is 0 Å². The molecule has 1 rings (SSSR count). The van der Waals surface area contributed by atoms with Crippen LogP contribution in [0.15, 0.2) is 0 Å². The quantitative estimate of drug-likeness (QED) is 0.733. The van der Waals surface area contributed by atoms with Gasteiger partial charge in [0.05, 0.1) is 5.92 Å². The maximum atomic E-state index is 12.8. The number of sulfonamides is 1. The van der Waals surface area contributed by atoms with Crippen LogP contribution in [0.2, 0.25) is 0 Å². The van der Waals surface area contributed by atoms with E-state index in [-0.39, 0.29) is 0 Å². The summed E-state index contributed by atoms with van der Waals surface area (Å²) in [6.07, 6.45) is -4.64. The average Bonchev–Trinajstić information content (AvgIpc) is 2.61. The third-order valence-electron chi connectivity index (χ3n) is 3.02. The van der Waals surface area contributed by atoms with Crippen LogP contribution in [-0.4, -0.2) is 62.1 Å². The van der Waals surface area contributed by atoms with Crippen molar-refractivity contribution in [2.24, 2.45) is 5.92 Å². The second-order valence-corrected chi connectivity index (χ2v) is 6.80. The Hall–Kier alpha value is -0.830. The molecule has 9 heteroatoms. The molecular weight excluding hydrogens is 273 g/mol. The normalized spacial score (nSPS) is 25.8. The zero-order valence-corrected chi connectivity index (χ0v) is 11.0. The van der Waals surface area contributed by atoms with Crippen LogP contribution in [-0.2, 0) is 14.8 Å². The predicted octanol–water partition coefficient (Wildman–Crippen LogP) is 0.287. The molecule has 0 spiro atoms. The highest BCUT2D eigenvalue weighted by Crippen LogP contribution is 2.37. The minimum Gasteiger partial charge on any atom is -0.341 e. The number of carbonyl (C=O) groups is 1. The minimum atomic E-state index is -4.64. The Morgan fingerprint density at radius 3 is 2.11 bits per heavy atom. The number of amides is 1. The largest absolute Gasteiger partial charge is 0.394 e. The summed E-state index contributed by atoms with van der Waals surface area (Å²) in [6, 6.07) is 0. The molecule has 0 saturated carbocycles. The van der Waals surface area contributed by atoms with Gasteiger partial charge in [-0.15, -0.1) is 0 Å². The lowest BCUT2D eigenvalue weighted by Gasteiger charge is -2.23. The van der Waals surface area contributed by atoms with E-state index in [1.54, 1.807) is 0 Å². The van der Waals surface area contributed by atoms with E-state index >= 15 is 0 Å². The zero-order chi connectivity index (χ0) is 14.3. The van der Waals surface area contributed by atoms with Crippen molar-refractivity contribution in [3.63, 3.8) is 0 Å². The van der Waals surface area contributed by atoms with Gasteiger partial charge in [0.25, 0.3) is 0 Å². The number of hydrogen-bond donors (Lipinski definition) is 0. The summed E-state index contributed by atoms with van der Waals surface area (Å²) < 4.78 is 62.9. The van der Waals surface area contributed by atoms with Gasteiger partial charge in [0.15, 0.2) is 0 Å². The van der Waals surface area contributed by atoms with Crippen molar-refractivity contribution in [1.82, 2.24) is 9.21 Å². The molecule has 1 fully saturated rings. The minimum absolute atomic E-state index is 0.417. The van der Waals surface area contributed by atoms with Crippen molar-refractivity contribution in [3.8, 4) is 0 Å². The van der Waals surface area contributed by atoms with Crippen LogP contribution in [0.4, 0.5) is 13.2 Å². The van der Waals surface area contributed by atoms with Gasteiger partial charge >= 0.3 is 6.18 Å². The lowest BCUT2D eigenvalue weighted by molar-refractivity contribution is -0.170. The van der Waals surface area contributed by atoms with E-state index in [9.17, 15) is 26.4 Å². The Kier molecular flexibility index (Phi) is 3.97. The van der Waals surface area contributed by atoms with Gasteiger partial charge in [-0.1, -0.05) is 0 Å². The number of halogens is 3. The first-order chi connectivity index (χ1) is 7.98. The highest BCUT2D eigenvalue weighted by Gasteiger charge is 2.55. The van der Waals surface area contributed by atoms with Gasteiger partial charge in [-0.05, 0) is 0 Å². The first-order valence-electron chi connectivity index (χ1n) is 5.21. The second kappa shape index (κ2) is 4.69. The molecule has 18 heavy (non-hydrogen) atoms. The Labute approximate surface area is 104 Å². The van der Waals surface area contributed by atoms with E-state index in [4.69, 9.17) is 0 Å². The predicted molar refractivity (Wildman–Crippen MR) is 58.2 cm³/mol. The number of rotatable bonds is 2. The van der Waals surface area contributed by atoms with Crippen molar-refractivity contribution < 1.29 is 26.4 Å². The number of likely N-dealkylation sites (tertiary alicyclic amines) is 1. The summed E-state index contributed by atoms with van der Waals surface area (Å²) >= 11 is 0. The Balaban J connectivity index is 3.12. The topological polar surface area (TPSA) is 57.7 Å². The molecule has 1 amide bonds. The lowest BCUT2D eigenvalue weighted by atomic mass is 10.1.